The third kappa shape index (κ3) is 3.69. The van der Waals surface area contributed by atoms with Gasteiger partial charge in [-0.15, -0.1) is 0 Å². The van der Waals surface area contributed by atoms with Crippen LogP contribution in [-0.4, -0.2) is 62.1 Å². The van der Waals surface area contributed by atoms with Crippen LogP contribution in [0, 0.1) is 5.41 Å². The highest BCUT2D eigenvalue weighted by atomic mass is 16.5. The van der Waals surface area contributed by atoms with Crippen LogP contribution < -0.4 is 0 Å². The fourth-order valence-electron chi connectivity index (χ4n) is 3.52. The van der Waals surface area contributed by atoms with Crippen LogP contribution in [0.4, 0.5) is 0 Å². The molecule has 2 saturated heterocycles. The molecule has 2 aliphatic rings. The predicted octanol–water partition coefficient (Wildman–Crippen LogP) is 1.75. The molecule has 0 N–H and O–H groups in total. The molecule has 0 saturated carbocycles. The largest absolute Gasteiger partial charge is 0.383 e. The van der Waals surface area contributed by atoms with Crippen molar-refractivity contribution in [2.75, 3.05) is 46.4 Å². The van der Waals surface area contributed by atoms with Crippen LogP contribution in [-0.2, 0) is 9.53 Å². The minimum Gasteiger partial charge on any atom is -0.383 e. The summed E-state index contributed by atoms with van der Waals surface area (Å²) in [5.74, 6) is 0.334. The smallest absolute Gasteiger partial charge is 0.222 e. The Labute approximate surface area is 117 Å². The Balaban J connectivity index is 1.85. The number of hydrogen-bond acceptors (Lipinski definition) is 3. The standard InChI is InChI=1S/C15H28N2O2/c1-3-14(18)17-8-4-5-15(13-17)6-9-16(10-7-15)11-12-19-2/h3-13H2,1-2H3. The van der Waals surface area contributed by atoms with E-state index in [-0.39, 0.29) is 0 Å². The van der Waals surface area contributed by atoms with Gasteiger partial charge in [0, 0.05) is 33.2 Å². The van der Waals surface area contributed by atoms with Crippen molar-refractivity contribution in [3.63, 3.8) is 0 Å². The molecule has 0 radical (unpaired) electrons. The van der Waals surface area contributed by atoms with Gasteiger partial charge in [-0.3, -0.25) is 4.79 Å². The van der Waals surface area contributed by atoms with Crippen LogP contribution >= 0.6 is 0 Å². The molecule has 4 nitrogen and oxygen atoms in total. The van der Waals surface area contributed by atoms with E-state index in [1.807, 2.05) is 6.92 Å². The van der Waals surface area contributed by atoms with Gasteiger partial charge in [0.05, 0.1) is 6.61 Å². The molecule has 1 amide bonds. The van der Waals surface area contributed by atoms with E-state index < -0.39 is 0 Å². The first kappa shape index (κ1) is 14.8. The number of rotatable bonds is 4. The summed E-state index contributed by atoms with van der Waals surface area (Å²) >= 11 is 0. The SMILES string of the molecule is CCC(=O)N1CCCC2(CCN(CCOC)CC2)C1. The van der Waals surface area contributed by atoms with Gasteiger partial charge < -0.3 is 14.5 Å². The fourth-order valence-corrected chi connectivity index (χ4v) is 3.52. The molecule has 0 bridgehead atoms. The first-order valence-corrected chi connectivity index (χ1v) is 7.68. The monoisotopic (exact) mass is 268 g/mol. The summed E-state index contributed by atoms with van der Waals surface area (Å²) in [6.07, 6.45) is 5.62. The number of likely N-dealkylation sites (tertiary alicyclic amines) is 2. The van der Waals surface area contributed by atoms with Gasteiger partial charge in [0.25, 0.3) is 0 Å². The molecule has 1 spiro atoms. The maximum Gasteiger partial charge on any atom is 0.222 e. The predicted molar refractivity (Wildman–Crippen MR) is 76.1 cm³/mol. The number of nitrogens with zero attached hydrogens (tertiary/aromatic N) is 2. The van der Waals surface area contributed by atoms with E-state index in [0.717, 1.165) is 39.3 Å². The van der Waals surface area contributed by atoms with Gasteiger partial charge in [-0.05, 0) is 44.2 Å². The highest BCUT2D eigenvalue weighted by Gasteiger charge is 2.39. The molecule has 2 fully saturated rings. The van der Waals surface area contributed by atoms with Gasteiger partial charge in [-0.1, -0.05) is 6.92 Å². The lowest BCUT2D eigenvalue weighted by Gasteiger charge is -2.47. The average Bonchev–Trinajstić information content (AvgIpc) is 2.46. The van der Waals surface area contributed by atoms with E-state index >= 15 is 0 Å². The lowest BCUT2D eigenvalue weighted by Crippen LogP contribution is -2.51. The second-order valence-corrected chi connectivity index (χ2v) is 6.11. The summed E-state index contributed by atoms with van der Waals surface area (Å²) in [6, 6.07) is 0. The second-order valence-electron chi connectivity index (χ2n) is 6.11. The summed E-state index contributed by atoms with van der Waals surface area (Å²) in [6.45, 7) is 8.14. The Hall–Kier alpha value is -0.610. The minimum atomic E-state index is 0.334. The number of amides is 1. The normalized spacial score (nSPS) is 23.8. The Kier molecular flexibility index (Phi) is 5.22. The van der Waals surface area contributed by atoms with Crippen molar-refractivity contribution in [3.8, 4) is 0 Å². The Morgan fingerprint density at radius 3 is 2.58 bits per heavy atom. The summed E-state index contributed by atoms with van der Waals surface area (Å²) in [5, 5.41) is 0. The van der Waals surface area contributed by atoms with Gasteiger partial charge in [0.2, 0.25) is 5.91 Å². The molecule has 4 heteroatoms. The third-order valence-electron chi connectivity index (χ3n) is 4.84. The molecule has 0 aliphatic carbocycles. The van der Waals surface area contributed by atoms with E-state index in [2.05, 4.69) is 9.80 Å². The summed E-state index contributed by atoms with van der Waals surface area (Å²) in [5.41, 5.74) is 0.409. The molecule has 0 atom stereocenters. The fraction of sp³-hybridized carbons (Fsp3) is 0.933. The Bertz CT molecular complexity index is 299. The zero-order valence-electron chi connectivity index (χ0n) is 12.5. The topological polar surface area (TPSA) is 32.8 Å². The van der Waals surface area contributed by atoms with Crippen molar-refractivity contribution < 1.29 is 9.53 Å². The van der Waals surface area contributed by atoms with Crippen LogP contribution in [0.5, 0.6) is 0 Å². The van der Waals surface area contributed by atoms with Crippen molar-refractivity contribution in [1.29, 1.82) is 0 Å². The van der Waals surface area contributed by atoms with Crippen LogP contribution in [0.2, 0.25) is 0 Å². The molecule has 110 valence electrons. The van der Waals surface area contributed by atoms with Gasteiger partial charge >= 0.3 is 0 Å². The van der Waals surface area contributed by atoms with Crippen molar-refractivity contribution in [2.24, 2.45) is 5.41 Å². The van der Waals surface area contributed by atoms with Gasteiger partial charge in [-0.2, -0.15) is 0 Å². The van der Waals surface area contributed by atoms with E-state index in [4.69, 9.17) is 4.74 Å². The first-order chi connectivity index (χ1) is 9.19. The molecule has 2 rings (SSSR count). The summed E-state index contributed by atoms with van der Waals surface area (Å²) < 4.78 is 5.15. The molecule has 0 aromatic carbocycles. The number of piperidine rings is 2. The molecule has 19 heavy (non-hydrogen) atoms. The molecule has 0 unspecified atom stereocenters. The van der Waals surface area contributed by atoms with Gasteiger partial charge in [-0.25, -0.2) is 0 Å². The Morgan fingerprint density at radius 1 is 1.21 bits per heavy atom. The maximum absolute atomic E-state index is 11.9. The van der Waals surface area contributed by atoms with Crippen molar-refractivity contribution in [1.82, 2.24) is 9.80 Å². The van der Waals surface area contributed by atoms with E-state index in [1.54, 1.807) is 7.11 Å². The van der Waals surface area contributed by atoms with Crippen LogP contribution in [0.15, 0.2) is 0 Å². The quantitative estimate of drug-likeness (QED) is 0.779. The highest BCUT2D eigenvalue weighted by molar-refractivity contribution is 5.75. The lowest BCUT2D eigenvalue weighted by atomic mass is 9.72. The zero-order valence-corrected chi connectivity index (χ0v) is 12.5. The summed E-state index contributed by atoms with van der Waals surface area (Å²) in [7, 11) is 1.76. The molecule has 0 aromatic heterocycles. The van der Waals surface area contributed by atoms with E-state index in [9.17, 15) is 4.79 Å². The van der Waals surface area contributed by atoms with Crippen molar-refractivity contribution in [3.05, 3.63) is 0 Å². The van der Waals surface area contributed by atoms with Gasteiger partial charge in [0.15, 0.2) is 0 Å². The number of ether oxygens (including phenoxy) is 1. The van der Waals surface area contributed by atoms with Crippen LogP contribution in [0.25, 0.3) is 0 Å². The number of carbonyl (C=O) groups is 1. The number of hydrogen-bond donors (Lipinski definition) is 0. The van der Waals surface area contributed by atoms with E-state index in [0.29, 0.717) is 17.7 Å². The van der Waals surface area contributed by atoms with Crippen LogP contribution in [0.1, 0.15) is 39.0 Å². The zero-order chi connectivity index (χ0) is 13.7. The average molecular weight is 268 g/mol. The summed E-state index contributed by atoms with van der Waals surface area (Å²) in [4.78, 5) is 16.5. The first-order valence-electron chi connectivity index (χ1n) is 7.68. The van der Waals surface area contributed by atoms with Crippen molar-refractivity contribution >= 4 is 5.91 Å². The highest BCUT2D eigenvalue weighted by Crippen LogP contribution is 2.39. The number of carbonyl (C=O) groups excluding carboxylic acids is 1. The second kappa shape index (κ2) is 6.71. The minimum absolute atomic E-state index is 0.334. The molecule has 2 aliphatic heterocycles. The molecular weight excluding hydrogens is 240 g/mol. The molecular formula is C15H28N2O2. The third-order valence-corrected chi connectivity index (χ3v) is 4.84. The van der Waals surface area contributed by atoms with Gasteiger partial charge in [0.1, 0.15) is 0 Å². The van der Waals surface area contributed by atoms with Crippen LogP contribution in [0.3, 0.4) is 0 Å². The Morgan fingerprint density at radius 2 is 1.95 bits per heavy atom. The van der Waals surface area contributed by atoms with E-state index in [1.165, 1.54) is 25.7 Å². The lowest BCUT2D eigenvalue weighted by molar-refractivity contribution is -0.135. The number of methoxy groups -OCH3 is 1. The molecule has 2 heterocycles. The maximum atomic E-state index is 11.9. The van der Waals surface area contributed by atoms with Crippen molar-refractivity contribution in [2.45, 2.75) is 39.0 Å². The molecule has 0 aromatic rings.